The molecule has 0 bridgehead atoms. The SMILES string of the molecule is COc1ccc(Br)c(Cn2cc(Br)c(=O)[nH]c2=O)c1. The molecule has 19 heavy (non-hydrogen) atoms. The Hall–Kier alpha value is -1.34. The molecule has 0 fully saturated rings. The van der Waals surface area contributed by atoms with Gasteiger partial charge in [-0.2, -0.15) is 0 Å². The van der Waals surface area contributed by atoms with Gasteiger partial charge < -0.3 is 4.74 Å². The standard InChI is InChI=1S/C12H10Br2N2O3/c1-19-8-2-3-9(13)7(4-8)5-16-6-10(14)11(17)15-12(16)18/h2-4,6H,5H2,1H3,(H,15,17,18). The van der Waals surface area contributed by atoms with Crippen molar-refractivity contribution in [2.45, 2.75) is 6.54 Å². The van der Waals surface area contributed by atoms with Gasteiger partial charge in [0.15, 0.2) is 0 Å². The van der Waals surface area contributed by atoms with E-state index in [2.05, 4.69) is 36.8 Å². The number of benzene rings is 1. The molecule has 100 valence electrons. The van der Waals surface area contributed by atoms with Gasteiger partial charge in [0, 0.05) is 10.7 Å². The zero-order valence-electron chi connectivity index (χ0n) is 9.94. The van der Waals surface area contributed by atoms with Gasteiger partial charge >= 0.3 is 5.69 Å². The largest absolute Gasteiger partial charge is 0.497 e. The minimum atomic E-state index is -0.456. The topological polar surface area (TPSA) is 64.1 Å². The van der Waals surface area contributed by atoms with Gasteiger partial charge in [-0.3, -0.25) is 14.3 Å². The van der Waals surface area contributed by atoms with E-state index in [0.29, 0.717) is 16.8 Å². The van der Waals surface area contributed by atoms with Crippen LogP contribution in [0.4, 0.5) is 0 Å². The van der Waals surface area contributed by atoms with E-state index in [-0.39, 0.29) is 0 Å². The van der Waals surface area contributed by atoms with Crippen molar-refractivity contribution in [1.29, 1.82) is 0 Å². The Morgan fingerprint density at radius 3 is 2.68 bits per heavy atom. The van der Waals surface area contributed by atoms with Crippen LogP contribution in [0.15, 0.2) is 42.9 Å². The number of hydrogen-bond acceptors (Lipinski definition) is 3. The summed E-state index contributed by atoms with van der Waals surface area (Å²) in [6, 6.07) is 5.49. The highest BCUT2D eigenvalue weighted by Crippen LogP contribution is 2.23. The molecule has 0 atom stereocenters. The molecule has 0 amide bonds. The molecule has 1 heterocycles. The van der Waals surface area contributed by atoms with Gasteiger partial charge in [-0.1, -0.05) is 15.9 Å². The predicted molar refractivity (Wildman–Crippen MR) is 78.8 cm³/mol. The summed E-state index contributed by atoms with van der Waals surface area (Å²) in [6.45, 7) is 0.325. The molecule has 0 unspecified atom stereocenters. The summed E-state index contributed by atoms with van der Waals surface area (Å²) in [7, 11) is 1.58. The van der Waals surface area contributed by atoms with E-state index in [1.807, 2.05) is 18.2 Å². The molecule has 0 aliphatic carbocycles. The van der Waals surface area contributed by atoms with Gasteiger partial charge in [0.1, 0.15) is 5.75 Å². The van der Waals surface area contributed by atoms with Crippen LogP contribution in [0.25, 0.3) is 0 Å². The molecule has 0 spiro atoms. The highest BCUT2D eigenvalue weighted by atomic mass is 79.9. The fourth-order valence-electron chi connectivity index (χ4n) is 1.58. The average Bonchev–Trinajstić information content (AvgIpc) is 2.38. The lowest BCUT2D eigenvalue weighted by molar-refractivity contribution is 0.414. The number of nitrogens with zero attached hydrogens (tertiary/aromatic N) is 1. The molecule has 1 N–H and O–H groups in total. The second-order valence-electron chi connectivity index (χ2n) is 3.82. The Morgan fingerprint density at radius 2 is 2.00 bits per heavy atom. The van der Waals surface area contributed by atoms with Gasteiger partial charge in [-0.25, -0.2) is 4.79 Å². The minimum Gasteiger partial charge on any atom is -0.497 e. The molecule has 1 aromatic carbocycles. The summed E-state index contributed by atoms with van der Waals surface area (Å²) >= 11 is 6.52. The van der Waals surface area contributed by atoms with Crippen LogP contribution >= 0.6 is 31.9 Å². The summed E-state index contributed by atoms with van der Waals surface area (Å²) in [5.41, 5.74) is -0.0192. The van der Waals surface area contributed by atoms with Crippen molar-refractivity contribution in [3.8, 4) is 5.75 Å². The summed E-state index contributed by atoms with van der Waals surface area (Å²) in [5.74, 6) is 0.703. The van der Waals surface area contributed by atoms with Gasteiger partial charge in [-0.15, -0.1) is 0 Å². The lowest BCUT2D eigenvalue weighted by Crippen LogP contribution is -2.30. The van der Waals surface area contributed by atoms with Crippen LogP contribution in [0.3, 0.4) is 0 Å². The van der Waals surface area contributed by atoms with Crippen LogP contribution in [0.2, 0.25) is 0 Å². The molecule has 2 rings (SSSR count). The summed E-state index contributed by atoms with van der Waals surface area (Å²) in [6.07, 6.45) is 1.47. The molecular weight excluding hydrogens is 380 g/mol. The molecule has 0 saturated carbocycles. The van der Waals surface area contributed by atoms with Crippen molar-refractivity contribution in [3.05, 3.63) is 59.7 Å². The van der Waals surface area contributed by atoms with Gasteiger partial charge in [-0.05, 0) is 39.7 Å². The van der Waals surface area contributed by atoms with E-state index >= 15 is 0 Å². The lowest BCUT2D eigenvalue weighted by atomic mass is 10.2. The fourth-order valence-corrected chi connectivity index (χ4v) is 2.30. The van der Waals surface area contributed by atoms with Gasteiger partial charge in [0.25, 0.3) is 5.56 Å². The first-order valence-corrected chi connectivity index (χ1v) is 6.91. The van der Waals surface area contributed by atoms with Crippen molar-refractivity contribution in [2.75, 3.05) is 7.11 Å². The van der Waals surface area contributed by atoms with Crippen molar-refractivity contribution in [1.82, 2.24) is 9.55 Å². The summed E-state index contributed by atoms with van der Waals surface area (Å²) < 4.78 is 7.73. The third-order valence-electron chi connectivity index (χ3n) is 2.56. The predicted octanol–water partition coefficient (Wildman–Crippen LogP) is 2.12. The Morgan fingerprint density at radius 1 is 1.26 bits per heavy atom. The first-order valence-electron chi connectivity index (χ1n) is 5.33. The number of aromatic amines is 1. The number of methoxy groups -OCH3 is 1. The zero-order valence-corrected chi connectivity index (χ0v) is 13.1. The van der Waals surface area contributed by atoms with Gasteiger partial charge in [0.05, 0.1) is 18.1 Å². The van der Waals surface area contributed by atoms with E-state index in [9.17, 15) is 9.59 Å². The number of hydrogen-bond donors (Lipinski definition) is 1. The quantitative estimate of drug-likeness (QED) is 0.874. The Bertz CT molecular complexity index is 722. The Balaban J connectivity index is 2.44. The summed E-state index contributed by atoms with van der Waals surface area (Å²) in [5, 5.41) is 0. The van der Waals surface area contributed by atoms with Crippen LogP contribution < -0.4 is 16.0 Å². The molecule has 7 heteroatoms. The average molecular weight is 390 g/mol. The molecule has 0 radical (unpaired) electrons. The number of ether oxygens (including phenoxy) is 1. The smallest absolute Gasteiger partial charge is 0.328 e. The maximum atomic E-state index is 11.7. The third kappa shape index (κ3) is 3.16. The molecule has 5 nitrogen and oxygen atoms in total. The lowest BCUT2D eigenvalue weighted by Gasteiger charge is -2.09. The first kappa shape index (κ1) is 14.1. The number of halogens is 2. The maximum Gasteiger partial charge on any atom is 0.328 e. The molecule has 1 aromatic heterocycles. The van der Waals surface area contributed by atoms with Crippen LogP contribution in [-0.4, -0.2) is 16.7 Å². The van der Waals surface area contributed by atoms with Crippen LogP contribution in [0.1, 0.15) is 5.56 Å². The van der Waals surface area contributed by atoms with E-state index in [1.54, 1.807) is 7.11 Å². The van der Waals surface area contributed by atoms with E-state index in [0.717, 1.165) is 10.0 Å². The molecule has 0 saturated heterocycles. The third-order valence-corrected chi connectivity index (χ3v) is 3.90. The van der Waals surface area contributed by atoms with Crippen molar-refractivity contribution in [3.63, 3.8) is 0 Å². The van der Waals surface area contributed by atoms with E-state index < -0.39 is 11.2 Å². The van der Waals surface area contributed by atoms with Crippen molar-refractivity contribution in [2.24, 2.45) is 0 Å². The minimum absolute atomic E-state index is 0.311. The number of rotatable bonds is 3. The van der Waals surface area contributed by atoms with E-state index in [4.69, 9.17) is 4.74 Å². The van der Waals surface area contributed by atoms with E-state index in [1.165, 1.54) is 10.8 Å². The van der Waals surface area contributed by atoms with Crippen molar-refractivity contribution >= 4 is 31.9 Å². The highest BCUT2D eigenvalue weighted by molar-refractivity contribution is 9.10. The Labute approximate surface area is 125 Å². The fraction of sp³-hybridized carbons (Fsp3) is 0.167. The van der Waals surface area contributed by atoms with Crippen LogP contribution in [-0.2, 0) is 6.54 Å². The Kier molecular flexibility index (Phi) is 4.26. The normalized spacial score (nSPS) is 10.5. The molecular formula is C12H10Br2N2O3. The molecule has 0 aliphatic rings. The van der Waals surface area contributed by atoms with Crippen molar-refractivity contribution < 1.29 is 4.74 Å². The first-order chi connectivity index (χ1) is 9.01. The van der Waals surface area contributed by atoms with Crippen LogP contribution in [0.5, 0.6) is 5.75 Å². The second kappa shape index (κ2) is 5.75. The second-order valence-corrected chi connectivity index (χ2v) is 5.53. The number of aromatic nitrogens is 2. The van der Waals surface area contributed by atoms with Crippen LogP contribution in [0, 0.1) is 0 Å². The molecule has 0 aliphatic heterocycles. The van der Waals surface area contributed by atoms with Gasteiger partial charge in [0.2, 0.25) is 0 Å². The highest BCUT2D eigenvalue weighted by Gasteiger charge is 2.06. The summed E-state index contributed by atoms with van der Waals surface area (Å²) in [4.78, 5) is 25.2. The molecule has 2 aromatic rings. The monoisotopic (exact) mass is 388 g/mol. The maximum absolute atomic E-state index is 11.7. The number of H-pyrrole nitrogens is 1. The zero-order chi connectivity index (χ0) is 14.0. The number of nitrogens with one attached hydrogen (secondary N) is 1.